The maximum atomic E-state index is 2.36. The van der Waals surface area contributed by atoms with Gasteiger partial charge in [-0.3, -0.25) is 0 Å². The number of rotatable bonds is 5. The molecule has 0 aromatic heterocycles. The summed E-state index contributed by atoms with van der Waals surface area (Å²) in [6.07, 6.45) is 2.61. The summed E-state index contributed by atoms with van der Waals surface area (Å²) in [5.74, 6) is 2.29. The topological polar surface area (TPSA) is 0 Å². The molecule has 0 spiro atoms. The van der Waals surface area contributed by atoms with E-state index in [0.29, 0.717) is 0 Å². The Bertz CT molecular complexity index is 261. The van der Waals surface area contributed by atoms with E-state index >= 15 is 0 Å². The Hall–Kier alpha value is -0.780. The summed E-state index contributed by atoms with van der Waals surface area (Å²) in [6.45, 7) is 9.31. The number of benzene rings is 1. The Morgan fingerprint density at radius 1 is 1.00 bits per heavy atom. The highest BCUT2D eigenvalue weighted by atomic mass is 14.2. The molecule has 0 fully saturated rings. The predicted octanol–water partition coefficient (Wildman–Crippen LogP) is 4.86. The Morgan fingerprint density at radius 2 is 1.60 bits per heavy atom. The minimum Gasteiger partial charge on any atom is -0.0651 e. The van der Waals surface area contributed by atoms with Crippen LogP contribution in [0.3, 0.4) is 0 Å². The Balaban J connectivity index is 2.75. The van der Waals surface area contributed by atoms with Crippen molar-refractivity contribution in [2.75, 3.05) is 0 Å². The number of hydrogen-bond acceptors (Lipinski definition) is 0. The third kappa shape index (κ3) is 3.70. The molecule has 0 nitrogen and oxygen atoms in total. The van der Waals surface area contributed by atoms with E-state index in [1.54, 1.807) is 0 Å². The van der Waals surface area contributed by atoms with Gasteiger partial charge >= 0.3 is 0 Å². The van der Waals surface area contributed by atoms with E-state index in [1.807, 2.05) is 0 Å². The molecule has 0 aliphatic carbocycles. The van der Waals surface area contributed by atoms with Gasteiger partial charge in [0.05, 0.1) is 0 Å². The van der Waals surface area contributed by atoms with Crippen LogP contribution >= 0.6 is 0 Å². The lowest BCUT2D eigenvalue weighted by atomic mass is 9.81. The summed E-state index contributed by atoms with van der Waals surface area (Å²) >= 11 is 0. The molecule has 1 aromatic carbocycles. The molecular weight excluding hydrogens is 180 g/mol. The van der Waals surface area contributed by atoms with Gasteiger partial charge in [-0.25, -0.2) is 0 Å². The fourth-order valence-corrected chi connectivity index (χ4v) is 2.09. The van der Waals surface area contributed by atoms with E-state index in [2.05, 4.69) is 58.0 Å². The summed E-state index contributed by atoms with van der Waals surface area (Å²) in [7, 11) is 0. The van der Waals surface area contributed by atoms with Crippen molar-refractivity contribution in [3.8, 4) is 0 Å². The van der Waals surface area contributed by atoms with E-state index in [-0.39, 0.29) is 0 Å². The SMILES string of the molecule is CCC(C)CC(c1ccccc1)C(C)C. The fourth-order valence-electron chi connectivity index (χ4n) is 2.09. The molecule has 0 aliphatic heterocycles. The second-order valence-electron chi connectivity index (χ2n) is 5.01. The third-order valence-electron chi connectivity index (χ3n) is 3.39. The van der Waals surface area contributed by atoms with Crippen molar-refractivity contribution in [1.82, 2.24) is 0 Å². The Kier molecular flexibility index (Phi) is 4.87. The minimum atomic E-state index is 0.723. The lowest BCUT2D eigenvalue weighted by Crippen LogP contribution is -2.10. The lowest BCUT2D eigenvalue weighted by molar-refractivity contribution is 0.384. The van der Waals surface area contributed by atoms with Crippen molar-refractivity contribution in [1.29, 1.82) is 0 Å². The van der Waals surface area contributed by atoms with E-state index in [4.69, 9.17) is 0 Å². The molecule has 0 bridgehead atoms. The van der Waals surface area contributed by atoms with Gasteiger partial charge < -0.3 is 0 Å². The zero-order chi connectivity index (χ0) is 11.3. The van der Waals surface area contributed by atoms with Crippen LogP contribution in [0.4, 0.5) is 0 Å². The van der Waals surface area contributed by atoms with Gasteiger partial charge in [0.25, 0.3) is 0 Å². The van der Waals surface area contributed by atoms with Crippen LogP contribution in [0.5, 0.6) is 0 Å². The molecule has 0 amide bonds. The van der Waals surface area contributed by atoms with Crippen LogP contribution in [0, 0.1) is 11.8 Å². The summed E-state index contributed by atoms with van der Waals surface area (Å²) in [4.78, 5) is 0. The highest BCUT2D eigenvalue weighted by Gasteiger charge is 2.17. The van der Waals surface area contributed by atoms with Crippen LogP contribution in [0.25, 0.3) is 0 Å². The molecule has 1 aromatic rings. The standard InChI is InChI=1S/C15H24/c1-5-13(4)11-15(12(2)3)14-9-7-6-8-10-14/h6-10,12-13,15H,5,11H2,1-4H3. The van der Waals surface area contributed by atoms with Crippen LogP contribution in [0.1, 0.15) is 52.0 Å². The molecule has 84 valence electrons. The van der Waals surface area contributed by atoms with Crippen molar-refractivity contribution in [3.63, 3.8) is 0 Å². The summed E-state index contributed by atoms with van der Waals surface area (Å²) in [5.41, 5.74) is 1.51. The zero-order valence-electron chi connectivity index (χ0n) is 10.5. The Labute approximate surface area is 94.7 Å². The molecule has 0 saturated carbocycles. The maximum absolute atomic E-state index is 2.36. The summed E-state index contributed by atoms with van der Waals surface area (Å²) in [6, 6.07) is 11.0. The quantitative estimate of drug-likeness (QED) is 0.642. The highest BCUT2D eigenvalue weighted by Crippen LogP contribution is 2.31. The predicted molar refractivity (Wildman–Crippen MR) is 68.1 cm³/mol. The normalized spacial score (nSPS) is 15.3. The maximum Gasteiger partial charge on any atom is -0.0136 e. The van der Waals surface area contributed by atoms with E-state index in [9.17, 15) is 0 Å². The lowest BCUT2D eigenvalue weighted by Gasteiger charge is -2.24. The molecule has 0 saturated heterocycles. The van der Waals surface area contributed by atoms with Crippen LogP contribution < -0.4 is 0 Å². The minimum absolute atomic E-state index is 0.723. The van der Waals surface area contributed by atoms with Crippen molar-refractivity contribution in [2.24, 2.45) is 11.8 Å². The van der Waals surface area contributed by atoms with Gasteiger partial charge in [0.1, 0.15) is 0 Å². The van der Waals surface area contributed by atoms with Gasteiger partial charge in [-0.15, -0.1) is 0 Å². The van der Waals surface area contributed by atoms with Crippen molar-refractivity contribution >= 4 is 0 Å². The average molecular weight is 204 g/mol. The smallest absolute Gasteiger partial charge is 0.0136 e. The molecule has 0 heteroatoms. The van der Waals surface area contributed by atoms with E-state index in [0.717, 1.165) is 17.8 Å². The molecule has 15 heavy (non-hydrogen) atoms. The number of hydrogen-bond donors (Lipinski definition) is 0. The Morgan fingerprint density at radius 3 is 2.07 bits per heavy atom. The second kappa shape index (κ2) is 5.95. The highest BCUT2D eigenvalue weighted by molar-refractivity contribution is 5.20. The first-order valence-corrected chi connectivity index (χ1v) is 6.20. The third-order valence-corrected chi connectivity index (χ3v) is 3.39. The van der Waals surface area contributed by atoms with Gasteiger partial charge in [-0.05, 0) is 29.7 Å². The molecular formula is C15H24. The second-order valence-corrected chi connectivity index (χ2v) is 5.01. The van der Waals surface area contributed by atoms with Crippen molar-refractivity contribution in [2.45, 2.75) is 46.5 Å². The largest absolute Gasteiger partial charge is 0.0651 e. The first-order chi connectivity index (χ1) is 7.15. The summed E-state index contributed by atoms with van der Waals surface area (Å²) in [5, 5.41) is 0. The molecule has 1 rings (SSSR count). The van der Waals surface area contributed by atoms with Gasteiger partial charge in [-0.2, -0.15) is 0 Å². The van der Waals surface area contributed by atoms with Crippen LogP contribution in [0.2, 0.25) is 0 Å². The van der Waals surface area contributed by atoms with Gasteiger partial charge in [-0.1, -0.05) is 64.4 Å². The van der Waals surface area contributed by atoms with Gasteiger partial charge in [0.2, 0.25) is 0 Å². The molecule has 2 unspecified atom stereocenters. The molecule has 2 atom stereocenters. The van der Waals surface area contributed by atoms with Crippen molar-refractivity contribution in [3.05, 3.63) is 35.9 Å². The van der Waals surface area contributed by atoms with Crippen LogP contribution in [-0.4, -0.2) is 0 Å². The fraction of sp³-hybridized carbons (Fsp3) is 0.600. The first-order valence-electron chi connectivity index (χ1n) is 6.20. The van der Waals surface area contributed by atoms with Gasteiger partial charge in [0, 0.05) is 0 Å². The monoisotopic (exact) mass is 204 g/mol. The summed E-state index contributed by atoms with van der Waals surface area (Å²) < 4.78 is 0. The molecule has 0 aliphatic rings. The van der Waals surface area contributed by atoms with Gasteiger partial charge in [0.15, 0.2) is 0 Å². The first kappa shape index (κ1) is 12.3. The molecule has 0 N–H and O–H groups in total. The van der Waals surface area contributed by atoms with E-state index in [1.165, 1.54) is 18.4 Å². The van der Waals surface area contributed by atoms with E-state index < -0.39 is 0 Å². The van der Waals surface area contributed by atoms with Crippen molar-refractivity contribution < 1.29 is 0 Å². The molecule has 0 radical (unpaired) electrons. The molecule has 0 heterocycles. The average Bonchev–Trinajstić information content (AvgIpc) is 2.26. The van der Waals surface area contributed by atoms with Crippen LogP contribution in [-0.2, 0) is 0 Å². The van der Waals surface area contributed by atoms with Crippen LogP contribution in [0.15, 0.2) is 30.3 Å². The zero-order valence-corrected chi connectivity index (χ0v) is 10.5.